The minimum Gasteiger partial charge on any atom is -0.352 e. The zero-order valence-corrected chi connectivity index (χ0v) is 9.06. The number of aromatic nitrogens is 1. The third-order valence-corrected chi connectivity index (χ3v) is 3.29. The third kappa shape index (κ3) is 1.21. The molecule has 3 heteroatoms. The van der Waals surface area contributed by atoms with E-state index in [1.165, 1.54) is 12.1 Å². The quantitative estimate of drug-likeness (QED) is 0.722. The maximum Gasteiger partial charge on any atom is 0.179 e. The summed E-state index contributed by atoms with van der Waals surface area (Å²) in [5.41, 5.74) is 3.45. The molecule has 3 rings (SSSR count). The van der Waals surface area contributed by atoms with Crippen LogP contribution in [0.1, 0.15) is 34.5 Å². The highest BCUT2D eigenvalue weighted by Crippen LogP contribution is 2.31. The van der Waals surface area contributed by atoms with Gasteiger partial charge in [-0.3, -0.25) is 4.79 Å². The van der Waals surface area contributed by atoms with Gasteiger partial charge in [0.15, 0.2) is 5.78 Å². The summed E-state index contributed by atoms with van der Waals surface area (Å²) in [7, 11) is 0. The van der Waals surface area contributed by atoms with Gasteiger partial charge in [0, 0.05) is 17.3 Å². The van der Waals surface area contributed by atoms with E-state index in [2.05, 4.69) is 4.98 Å². The van der Waals surface area contributed by atoms with Gasteiger partial charge in [0.1, 0.15) is 5.82 Å². The van der Waals surface area contributed by atoms with Crippen LogP contribution in [0.2, 0.25) is 0 Å². The molecule has 1 aliphatic rings. The number of hydrogen-bond donors (Lipinski definition) is 1. The molecule has 0 bridgehead atoms. The van der Waals surface area contributed by atoms with Gasteiger partial charge in [0.25, 0.3) is 0 Å². The van der Waals surface area contributed by atoms with Gasteiger partial charge in [0.05, 0.1) is 5.69 Å². The molecule has 2 nitrogen and oxygen atoms in total. The summed E-state index contributed by atoms with van der Waals surface area (Å²) in [5.74, 6) is -0.0814. The molecule has 1 aliphatic carbocycles. The molecular formula is C13H12FNO. The third-order valence-electron chi connectivity index (χ3n) is 3.29. The highest BCUT2D eigenvalue weighted by Gasteiger charge is 2.22. The van der Waals surface area contributed by atoms with Gasteiger partial charge >= 0.3 is 0 Å². The Labute approximate surface area is 92.5 Å². The van der Waals surface area contributed by atoms with Crippen LogP contribution >= 0.6 is 0 Å². The average molecular weight is 217 g/mol. The number of aromatic amines is 1. The van der Waals surface area contributed by atoms with E-state index in [0.29, 0.717) is 12.1 Å². The second-order valence-corrected chi connectivity index (χ2v) is 4.40. The van der Waals surface area contributed by atoms with Crippen LogP contribution in [0.5, 0.6) is 0 Å². The summed E-state index contributed by atoms with van der Waals surface area (Å²) in [6.07, 6.45) is 2.33. The first-order chi connectivity index (χ1) is 7.66. The molecule has 0 radical (unpaired) electrons. The van der Waals surface area contributed by atoms with Crippen LogP contribution in [0, 0.1) is 12.7 Å². The van der Waals surface area contributed by atoms with E-state index in [1.54, 1.807) is 0 Å². The van der Waals surface area contributed by atoms with Crippen LogP contribution in [0.25, 0.3) is 10.9 Å². The molecule has 0 aliphatic heterocycles. The van der Waals surface area contributed by atoms with Crippen LogP contribution in [-0.2, 0) is 6.42 Å². The number of rotatable bonds is 0. The van der Waals surface area contributed by atoms with Crippen LogP contribution in [0.4, 0.5) is 4.39 Å². The number of benzene rings is 1. The van der Waals surface area contributed by atoms with Gasteiger partial charge < -0.3 is 4.98 Å². The standard InChI is InChI=1S/C13H12FNO/c1-7-5-8(14)6-10-9-3-2-4-11(16)13(9)15-12(7)10/h5-6,15H,2-4H2,1H3. The predicted molar refractivity (Wildman–Crippen MR) is 60.3 cm³/mol. The fourth-order valence-electron chi connectivity index (χ4n) is 2.53. The summed E-state index contributed by atoms with van der Waals surface area (Å²) in [6.45, 7) is 1.86. The molecular weight excluding hydrogens is 205 g/mol. The second kappa shape index (κ2) is 3.17. The SMILES string of the molecule is Cc1cc(F)cc2c3c([nH]c12)C(=O)CCC3. The molecule has 0 saturated heterocycles. The maximum atomic E-state index is 13.3. The lowest BCUT2D eigenvalue weighted by atomic mass is 9.94. The fourth-order valence-corrected chi connectivity index (χ4v) is 2.53. The van der Waals surface area contributed by atoms with Crippen LogP contribution in [0.15, 0.2) is 12.1 Å². The molecule has 0 saturated carbocycles. The molecule has 82 valence electrons. The Morgan fingerprint density at radius 2 is 2.12 bits per heavy atom. The molecule has 0 spiro atoms. The average Bonchev–Trinajstić information content (AvgIpc) is 2.59. The summed E-state index contributed by atoms with van der Waals surface area (Å²) in [6, 6.07) is 3.02. The topological polar surface area (TPSA) is 32.9 Å². The van der Waals surface area contributed by atoms with E-state index in [4.69, 9.17) is 0 Å². The number of ketones is 1. The largest absolute Gasteiger partial charge is 0.352 e. The van der Waals surface area contributed by atoms with E-state index < -0.39 is 0 Å². The van der Waals surface area contributed by atoms with E-state index in [1.807, 2.05) is 6.92 Å². The van der Waals surface area contributed by atoms with Crippen LogP contribution in [0.3, 0.4) is 0 Å². The molecule has 0 atom stereocenters. The van der Waals surface area contributed by atoms with E-state index >= 15 is 0 Å². The Morgan fingerprint density at radius 3 is 2.94 bits per heavy atom. The second-order valence-electron chi connectivity index (χ2n) is 4.40. The van der Waals surface area contributed by atoms with Gasteiger partial charge in [-0.15, -0.1) is 0 Å². The number of aryl methyl sites for hydroxylation is 2. The van der Waals surface area contributed by atoms with Gasteiger partial charge in [-0.1, -0.05) is 0 Å². The minimum absolute atomic E-state index is 0.150. The normalized spacial score (nSPS) is 15.5. The van der Waals surface area contributed by atoms with E-state index in [9.17, 15) is 9.18 Å². The van der Waals surface area contributed by atoms with Crippen molar-refractivity contribution in [2.75, 3.05) is 0 Å². The Balaban J connectivity index is 2.40. The first kappa shape index (κ1) is 9.58. The first-order valence-electron chi connectivity index (χ1n) is 5.50. The summed E-state index contributed by atoms with van der Waals surface area (Å²) in [5, 5.41) is 0.876. The predicted octanol–water partition coefficient (Wildman–Crippen LogP) is 3.13. The van der Waals surface area contributed by atoms with Crippen molar-refractivity contribution in [2.45, 2.75) is 26.2 Å². The summed E-state index contributed by atoms with van der Waals surface area (Å²) < 4.78 is 13.3. The van der Waals surface area contributed by atoms with Crippen molar-refractivity contribution in [3.8, 4) is 0 Å². The van der Waals surface area contributed by atoms with Gasteiger partial charge in [0.2, 0.25) is 0 Å². The van der Waals surface area contributed by atoms with Gasteiger partial charge in [-0.2, -0.15) is 0 Å². The smallest absolute Gasteiger partial charge is 0.179 e. The monoisotopic (exact) mass is 217 g/mol. The molecule has 1 aromatic heterocycles. The molecule has 0 unspecified atom stereocenters. The van der Waals surface area contributed by atoms with E-state index in [0.717, 1.165) is 34.9 Å². The molecule has 2 aromatic rings. The Bertz CT molecular complexity index is 597. The number of carbonyl (C=O) groups is 1. The van der Waals surface area contributed by atoms with Crippen molar-refractivity contribution in [1.29, 1.82) is 0 Å². The first-order valence-corrected chi connectivity index (χ1v) is 5.50. The number of carbonyl (C=O) groups excluding carboxylic acids is 1. The number of Topliss-reactive ketones (excluding diaryl/α,β-unsaturated/α-hetero) is 1. The highest BCUT2D eigenvalue weighted by atomic mass is 19.1. The van der Waals surface area contributed by atoms with Crippen molar-refractivity contribution in [2.24, 2.45) is 0 Å². The Kier molecular flexibility index (Phi) is 1.90. The van der Waals surface area contributed by atoms with E-state index in [-0.39, 0.29) is 11.6 Å². The molecule has 16 heavy (non-hydrogen) atoms. The van der Waals surface area contributed by atoms with Crippen molar-refractivity contribution >= 4 is 16.7 Å². The minimum atomic E-state index is -0.232. The van der Waals surface area contributed by atoms with Crippen molar-refractivity contribution in [3.05, 3.63) is 34.8 Å². The number of H-pyrrole nitrogens is 1. The van der Waals surface area contributed by atoms with Crippen molar-refractivity contribution < 1.29 is 9.18 Å². The lowest BCUT2D eigenvalue weighted by Crippen LogP contribution is -2.09. The lowest BCUT2D eigenvalue weighted by Gasteiger charge is -2.09. The Morgan fingerprint density at radius 1 is 1.31 bits per heavy atom. The lowest BCUT2D eigenvalue weighted by molar-refractivity contribution is 0.0968. The highest BCUT2D eigenvalue weighted by molar-refractivity contribution is 6.03. The van der Waals surface area contributed by atoms with Gasteiger partial charge in [-0.25, -0.2) is 4.39 Å². The number of fused-ring (bicyclic) bond motifs is 3. The summed E-state index contributed by atoms with van der Waals surface area (Å²) >= 11 is 0. The molecule has 1 aromatic carbocycles. The Hall–Kier alpha value is -1.64. The van der Waals surface area contributed by atoms with Crippen LogP contribution in [-0.4, -0.2) is 10.8 Å². The molecule has 1 N–H and O–H groups in total. The number of halogens is 1. The molecule has 0 amide bonds. The van der Waals surface area contributed by atoms with Crippen LogP contribution < -0.4 is 0 Å². The number of hydrogen-bond acceptors (Lipinski definition) is 1. The van der Waals surface area contributed by atoms with Crippen molar-refractivity contribution in [3.63, 3.8) is 0 Å². The molecule has 0 fully saturated rings. The summed E-state index contributed by atoms with van der Waals surface area (Å²) in [4.78, 5) is 14.9. The zero-order chi connectivity index (χ0) is 11.3. The molecule has 1 heterocycles. The zero-order valence-electron chi connectivity index (χ0n) is 9.06. The van der Waals surface area contributed by atoms with Gasteiger partial charge in [-0.05, 0) is 43.0 Å². The maximum absolute atomic E-state index is 13.3. The number of nitrogens with one attached hydrogen (secondary N) is 1. The van der Waals surface area contributed by atoms with Crippen molar-refractivity contribution in [1.82, 2.24) is 4.98 Å². The fraction of sp³-hybridized carbons (Fsp3) is 0.308.